The Morgan fingerprint density at radius 3 is 2.79 bits per heavy atom. The minimum absolute atomic E-state index is 0.0760. The van der Waals surface area contributed by atoms with Gasteiger partial charge in [0.2, 0.25) is 6.79 Å². The predicted molar refractivity (Wildman–Crippen MR) is 103 cm³/mol. The number of ether oxygens (including phenoxy) is 6. The third kappa shape index (κ3) is 3.35. The third-order valence-electron chi connectivity index (χ3n) is 5.28. The molecule has 0 unspecified atom stereocenters. The molecule has 0 saturated carbocycles. The van der Waals surface area contributed by atoms with Crippen LogP contribution in [0.1, 0.15) is 49.6 Å². The molecule has 1 N–H and O–H groups in total. The number of rotatable bonds is 5. The molecule has 1 saturated heterocycles. The molecule has 0 spiro atoms. The fourth-order valence-electron chi connectivity index (χ4n) is 4.11. The zero-order valence-corrected chi connectivity index (χ0v) is 17.2. The number of hydrogen-bond donors (Lipinski definition) is 1. The van der Waals surface area contributed by atoms with Gasteiger partial charge in [-0.2, -0.15) is 0 Å². The van der Waals surface area contributed by atoms with Gasteiger partial charge in [-0.3, -0.25) is 5.32 Å². The Bertz CT molecular complexity index is 835. The maximum atomic E-state index is 12.9. The van der Waals surface area contributed by atoms with Gasteiger partial charge in [0.15, 0.2) is 17.3 Å². The zero-order chi connectivity index (χ0) is 20.8. The SMILES string of the molecule is C=CCOc1c(C)c2c(c3c1[C@H]1OC(C)(C)OC[C@H]1N[C@@H]3C(=O)OCC)OCO2. The summed E-state index contributed by atoms with van der Waals surface area (Å²) in [4.78, 5) is 12.9. The fraction of sp³-hybridized carbons (Fsp3) is 0.571. The van der Waals surface area contributed by atoms with Crippen LogP contribution in [0.15, 0.2) is 12.7 Å². The van der Waals surface area contributed by atoms with E-state index in [4.69, 9.17) is 28.4 Å². The van der Waals surface area contributed by atoms with Gasteiger partial charge in [-0.05, 0) is 27.7 Å². The molecule has 8 heteroatoms. The molecule has 29 heavy (non-hydrogen) atoms. The van der Waals surface area contributed by atoms with Gasteiger partial charge < -0.3 is 28.4 Å². The summed E-state index contributed by atoms with van der Waals surface area (Å²) < 4.78 is 35.0. The Morgan fingerprint density at radius 2 is 2.07 bits per heavy atom. The molecule has 0 radical (unpaired) electrons. The summed E-state index contributed by atoms with van der Waals surface area (Å²) in [7, 11) is 0. The third-order valence-corrected chi connectivity index (χ3v) is 5.28. The molecule has 0 amide bonds. The number of carbonyl (C=O) groups is 1. The topological polar surface area (TPSA) is 84.5 Å². The standard InChI is InChI=1S/C21H27NO7/c1-6-8-25-16-11(3)17-19(27-10-26-17)13-14(16)18-12(9-28-21(4,5)29-18)22-15(13)20(23)24-7-2/h6,12,15,18,22H,1,7-10H2,2-5H3/t12-,15+,18+/m1/s1. The summed E-state index contributed by atoms with van der Waals surface area (Å²) in [5.41, 5.74) is 2.21. The Morgan fingerprint density at radius 1 is 1.31 bits per heavy atom. The van der Waals surface area contributed by atoms with Crippen LogP contribution in [0, 0.1) is 6.92 Å². The molecular formula is C21H27NO7. The highest BCUT2D eigenvalue weighted by Crippen LogP contribution is 2.55. The lowest BCUT2D eigenvalue weighted by Crippen LogP contribution is -2.55. The van der Waals surface area contributed by atoms with Crippen LogP contribution in [0.4, 0.5) is 0 Å². The number of esters is 1. The lowest BCUT2D eigenvalue weighted by Gasteiger charge is -2.46. The van der Waals surface area contributed by atoms with Crippen LogP contribution >= 0.6 is 0 Å². The first-order valence-corrected chi connectivity index (χ1v) is 9.82. The molecule has 0 bridgehead atoms. The summed E-state index contributed by atoms with van der Waals surface area (Å²) in [6.07, 6.45) is 1.28. The number of hydrogen-bond acceptors (Lipinski definition) is 8. The minimum atomic E-state index is -0.781. The highest BCUT2D eigenvalue weighted by molar-refractivity contribution is 5.82. The summed E-state index contributed by atoms with van der Waals surface area (Å²) in [5.74, 6) is 0.543. The summed E-state index contributed by atoms with van der Waals surface area (Å²) in [6, 6.07) is -1.00. The highest BCUT2D eigenvalue weighted by Gasteiger charge is 2.49. The first-order valence-electron chi connectivity index (χ1n) is 9.82. The van der Waals surface area contributed by atoms with E-state index in [0.29, 0.717) is 36.0 Å². The minimum Gasteiger partial charge on any atom is -0.489 e. The van der Waals surface area contributed by atoms with Crippen molar-refractivity contribution in [3.63, 3.8) is 0 Å². The van der Waals surface area contributed by atoms with E-state index in [9.17, 15) is 4.79 Å². The molecule has 1 fully saturated rings. The van der Waals surface area contributed by atoms with Gasteiger partial charge in [-0.25, -0.2) is 4.79 Å². The van der Waals surface area contributed by atoms with Crippen molar-refractivity contribution >= 4 is 5.97 Å². The van der Waals surface area contributed by atoms with Crippen LogP contribution in [0.5, 0.6) is 17.2 Å². The Labute approximate surface area is 170 Å². The van der Waals surface area contributed by atoms with Crippen LogP contribution in [0.25, 0.3) is 0 Å². The van der Waals surface area contributed by atoms with E-state index in [0.717, 1.165) is 11.1 Å². The average molecular weight is 405 g/mol. The number of nitrogens with one attached hydrogen (secondary N) is 1. The Kier molecular flexibility index (Phi) is 5.18. The van der Waals surface area contributed by atoms with Crippen molar-refractivity contribution in [2.24, 2.45) is 0 Å². The molecule has 1 aromatic rings. The summed E-state index contributed by atoms with van der Waals surface area (Å²) in [6.45, 7) is 12.2. The molecule has 1 aromatic carbocycles. The van der Waals surface area contributed by atoms with E-state index in [-0.39, 0.29) is 19.4 Å². The average Bonchev–Trinajstić information content (AvgIpc) is 3.17. The van der Waals surface area contributed by atoms with Gasteiger partial charge in [-0.15, -0.1) is 0 Å². The maximum absolute atomic E-state index is 12.9. The van der Waals surface area contributed by atoms with Crippen LogP contribution in [-0.2, 0) is 19.0 Å². The van der Waals surface area contributed by atoms with E-state index in [2.05, 4.69) is 11.9 Å². The number of fused-ring (bicyclic) bond motifs is 5. The van der Waals surface area contributed by atoms with Crippen molar-refractivity contribution in [1.29, 1.82) is 0 Å². The van der Waals surface area contributed by atoms with Gasteiger partial charge in [-0.1, -0.05) is 12.7 Å². The number of benzene rings is 1. The molecule has 3 heterocycles. The van der Waals surface area contributed by atoms with E-state index in [1.807, 2.05) is 20.8 Å². The zero-order valence-electron chi connectivity index (χ0n) is 17.2. The molecule has 3 atom stereocenters. The monoisotopic (exact) mass is 405 g/mol. The van der Waals surface area contributed by atoms with Gasteiger partial charge >= 0.3 is 5.97 Å². The van der Waals surface area contributed by atoms with Crippen molar-refractivity contribution in [3.8, 4) is 17.2 Å². The quantitative estimate of drug-likeness (QED) is 0.591. The van der Waals surface area contributed by atoms with Crippen LogP contribution < -0.4 is 19.5 Å². The summed E-state index contributed by atoms with van der Waals surface area (Å²) in [5, 5.41) is 3.33. The van der Waals surface area contributed by atoms with Crippen LogP contribution in [0.3, 0.4) is 0 Å². The van der Waals surface area contributed by atoms with Crippen molar-refractivity contribution in [3.05, 3.63) is 29.3 Å². The second-order valence-corrected chi connectivity index (χ2v) is 7.65. The summed E-state index contributed by atoms with van der Waals surface area (Å²) >= 11 is 0. The first kappa shape index (κ1) is 20.0. The first-order chi connectivity index (χ1) is 13.9. The normalized spacial score (nSPS) is 26.3. The van der Waals surface area contributed by atoms with E-state index in [1.165, 1.54) is 0 Å². The van der Waals surface area contributed by atoms with Gasteiger partial charge in [0.1, 0.15) is 24.5 Å². The largest absolute Gasteiger partial charge is 0.489 e. The molecule has 4 rings (SSSR count). The van der Waals surface area contributed by atoms with Crippen molar-refractivity contribution in [1.82, 2.24) is 5.32 Å². The van der Waals surface area contributed by atoms with E-state index < -0.39 is 23.9 Å². The van der Waals surface area contributed by atoms with Crippen molar-refractivity contribution in [2.45, 2.75) is 51.7 Å². The maximum Gasteiger partial charge on any atom is 0.327 e. The van der Waals surface area contributed by atoms with Crippen LogP contribution in [0.2, 0.25) is 0 Å². The van der Waals surface area contributed by atoms with Crippen molar-refractivity contribution < 1.29 is 33.2 Å². The van der Waals surface area contributed by atoms with Gasteiger partial charge in [0, 0.05) is 16.7 Å². The Hall–Kier alpha value is -2.29. The van der Waals surface area contributed by atoms with E-state index >= 15 is 0 Å². The van der Waals surface area contributed by atoms with Gasteiger partial charge in [0.25, 0.3) is 0 Å². The lowest BCUT2D eigenvalue weighted by molar-refractivity contribution is -0.288. The smallest absolute Gasteiger partial charge is 0.327 e. The fourth-order valence-corrected chi connectivity index (χ4v) is 4.11. The molecule has 0 aliphatic carbocycles. The van der Waals surface area contributed by atoms with Crippen molar-refractivity contribution in [2.75, 3.05) is 26.6 Å². The molecule has 3 aliphatic rings. The molecular weight excluding hydrogens is 378 g/mol. The Balaban J connectivity index is 1.94. The molecule has 8 nitrogen and oxygen atoms in total. The molecule has 0 aromatic heterocycles. The number of carbonyl (C=O) groups excluding carboxylic acids is 1. The van der Waals surface area contributed by atoms with Crippen LogP contribution in [-0.4, -0.2) is 44.4 Å². The van der Waals surface area contributed by atoms with E-state index in [1.54, 1.807) is 13.0 Å². The molecule has 158 valence electrons. The molecule has 3 aliphatic heterocycles. The predicted octanol–water partition coefficient (Wildman–Crippen LogP) is 2.69. The lowest BCUT2D eigenvalue weighted by atomic mass is 9.84. The second-order valence-electron chi connectivity index (χ2n) is 7.65. The highest BCUT2D eigenvalue weighted by atomic mass is 16.7. The van der Waals surface area contributed by atoms with Gasteiger partial charge in [0.05, 0.1) is 19.3 Å². The second kappa shape index (κ2) is 7.51.